The van der Waals surface area contributed by atoms with Crippen LogP contribution in [0, 0.1) is 0 Å². The topological polar surface area (TPSA) is 76.1 Å². The van der Waals surface area contributed by atoms with Crippen LogP contribution in [0.25, 0.3) is 5.76 Å². The van der Waals surface area contributed by atoms with Crippen LogP contribution in [0.15, 0.2) is 72.3 Å². The smallest absolute Gasteiger partial charge is 0.300 e. The number of nitrogens with zero attached hydrogens (tertiary/aromatic N) is 1. The van der Waals surface area contributed by atoms with Crippen molar-refractivity contribution in [3.05, 3.63) is 94.0 Å². The summed E-state index contributed by atoms with van der Waals surface area (Å²) >= 11 is 6.43. The fourth-order valence-corrected chi connectivity index (χ4v) is 4.59. The molecule has 1 aliphatic heterocycles. The summed E-state index contributed by atoms with van der Waals surface area (Å²) in [6.45, 7) is 6.85. The average molecular weight is 520 g/mol. The molecule has 1 N–H and O–H groups in total. The molecule has 3 aromatic carbocycles. The first-order valence-electron chi connectivity index (χ1n) is 12.4. The van der Waals surface area contributed by atoms with Crippen molar-refractivity contribution in [2.45, 2.75) is 39.7 Å². The highest BCUT2D eigenvalue weighted by atomic mass is 35.5. The van der Waals surface area contributed by atoms with Gasteiger partial charge in [-0.25, -0.2) is 0 Å². The first-order chi connectivity index (χ1) is 17.9. The third-order valence-electron chi connectivity index (χ3n) is 6.22. The van der Waals surface area contributed by atoms with Crippen LogP contribution in [0.5, 0.6) is 11.5 Å². The molecular weight excluding hydrogens is 490 g/mol. The molecule has 0 radical (unpaired) electrons. The highest BCUT2D eigenvalue weighted by molar-refractivity contribution is 6.52. The van der Waals surface area contributed by atoms with Gasteiger partial charge in [-0.1, -0.05) is 55.8 Å². The lowest BCUT2D eigenvalue weighted by molar-refractivity contribution is -0.132. The van der Waals surface area contributed by atoms with Gasteiger partial charge in [0.05, 0.1) is 29.9 Å². The number of ether oxygens (including phenoxy) is 2. The molecule has 192 valence electrons. The summed E-state index contributed by atoms with van der Waals surface area (Å²) < 4.78 is 11.3. The zero-order valence-electron chi connectivity index (χ0n) is 21.2. The molecule has 6 nitrogen and oxygen atoms in total. The first-order valence-corrected chi connectivity index (χ1v) is 12.8. The Morgan fingerprint density at radius 1 is 0.946 bits per heavy atom. The molecule has 3 aromatic rings. The minimum atomic E-state index is -0.862. The predicted octanol–water partition coefficient (Wildman–Crippen LogP) is 6.72. The van der Waals surface area contributed by atoms with Crippen molar-refractivity contribution in [1.82, 2.24) is 0 Å². The number of aryl methyl sites for hydroxylation is 1. The van der Waals surface area contributed by atoms with Crippen LogP contribution in [-0.2, 0) is 16.0 Å². The Morgan fingerprint density at radius 2 is 1.68 bits per heavy atom. The molecule has 1 saturated heterocycles. The standard InChI is InChI=1S/C30H30ClNO5/c1-4-16-37-22-9-7-8-21(17-22)32-27(20-12-10-19(5-2)11-13-20)26(29(34)30(32)35)28(33)24-18-23(36-6-3)14-15-25(24)31/h7-15,17-18,27,33H,4-6,16H2,1-3H3/b28-26+. The Morgan fingerprint density at radius 3 is 2.35 bits per heavy atom. The molecule has 1 unspecified atom stereocenters. The van der Waals surface area contributed by atoms with Gasteiger partial charge in [-0.15, -0.1) is 0 Å². The van der Waals surface area contributed by atoms with Crippen molar-refractivity contribution in [3.63, 3.8) is 0 Å². The van der Waals surface area contributed by atoms with Gasteiger partial charge < -0.3 is 14.6 Å². The lowest BCUT2D eigenvalue weighted by Crippen LogP contribution is -2.29. The minimum absolute atomic E-state index is 0.0373. The van der Waals surface area contributed by atoms with E-state index in [1.165, 1.54) is 4.90 Å². The summed E-state index contributed by atoms with van der Waals surface area (Å²) in [6.07, 6.45) is 1.68. The molecule has 0 saturated carbocycles. The van der Waals surface area contributed by atoms with Gasteiger partial charge in [0.2, 0.25) is 0 Å². The maximum Gasteiger partial charge on any atom is 0.300 e. The summed E-state index contributed by atoms with van der Waals surface area (Å²) in [5.74, 6) is -0.799. The lowest BCUT2D eigenvalue weighted by atomic mass is 9.94. The molecule has 0 spiro atoms. The van der Waals surface area contributed by atoms with E-state index < -0.39 is 17.7 Å². The molecule has 4 rings (SSSR count). The van der Waals surface area contributed by atoms with Gasteiger partial charge in [0.25, 0.3) is 11.7 Å². The second-order valence-electron chi connectivity index (χ2n) is 8.68. The number of aliphatic hydroxyl groups excluding tert-OH is 1. The Labute approximate surface area is 222 Å². The van der Waals surface area contributed by atoms with E-state index in [-0.39, 0.29) is 21.9 Å². The number of anilines is 1. The third kappa shape index (κ3) is 5.35. The monoisotopic (exact) mass is 519 g/mol. The van der Waals surface area contributed by atoms with Gasteiger partial charge in [-0.3, -0.25) is 14.5 Å². The Kier molecular flexibility index (Phi) is 8.19. The Hall–Kier alpha value is -3.77. The van der Waals surface area contributed by atoms with E-state index in [0.29, 0.717) is 36.0 Å². The molecule has 1 amide bonds. The number of benzene rings is 3. The average Bonchev–Trinajstić information content (AvgIpc) is 3.18. The molecule has 0 aromatic heterocycles. The fraction of sp³-hybridized carbons (Fsp3) is 0.267. The van der Waals surface area contributed by atoms with Crippen molar-refractivity contribution in [2.24, 2.45) is 0 Å². The predicted molar refractivity (Wildman–Crippen MR) is 145 cm³/mol. The summed E-state index contributed by atoms with van der Waals surface area (Å²) in [4.78, 5) is 28.4. The molecule has 0 bridgehead atoms. The van der Waals surface area contributed by atoms with E-state index >= 15 is 0 Å². The molecular formula is C30H30ClNO5. The summed E-state index contributed by atoms with van der Waals surface area (Å²) in [7, 11) is 0. The fourth-order valence-electron chi connectivity index (χ4n) is 4.38. The minimum Gasteiger partial charge on any atom is -0.507 e. The third-order valence-corrected chi connectivity index (χ3v) is 6.55. The molecule has 1 fully saturated rings. The van der Waals surface area contributed by atoms with Gasteiger partial charge >= 0.3 is 0 Å². The number of carbonyl (C=O) groups excluding carboxylic acids is 2. The summed E-state index contributed by atoms with van der Waals surface area (Å²) in [6, 6.07) is 18.7. The second kappa shape index (κ2) is 11.5. The van der Waals surface area contributed by atoms with Crippen molar-refractivity contribution in [3.8, 4) is 11.5 Å². The van der Waals surface area contributed by atoms with E-state index in [1.807, 2.05) is 38.1 Å². The van der Waals surface area contributed by atoms with Crippen LogP contribution in [0.2, 0.25) is 5.02 Å². The number of rotatable bonds is 9. The van der Waals surface area contributed by atoms with E-state index in [0.717, 1.165) is 18.4 Å². The molecule has 0 aliphatic carbocycles. The number of hydrogen-bond donors (Lipinski definition) is 1. The molecule has 1 atom stereocenters. The van der Waals surface area contributed by atoms with Crippen molar-refractivity contribution in [1.29, 1.82) is 0 Å². The van der Waals surface area contributed by atoms with Crippen molar-refractivity contribution < 1.29 is 24.2 Å². The SMILES string of the molecule is CCCOc1cccc(N2C(=O)C(=O)/C(=C(/O)c3cc(OCC)ccc3Cl)C2c2ccc(CC)cc2)c1. The van der Waals surface area contributed by atoms with E-state index in [4.69, 9.17) is 21.1 Å². The highest BCUT2D eigenvalue weighted by Gasteiger charge is 2.47. The van der Waals surface area contributed by atoms with Crippen molar-refractivity contribution >= 4 is 34.7 Å². The largest absolute Gasteiger partial charge is 0.507 e. The van der Waals surface area contributed by atoms with Gasteiger partial charge in [0.1, 0.15) is 17.3 Å². The van der Waals surface area contributed by atoms with Gasteiger partial charge in [0.15, 0.2) is 0 Å². The van der Waals surface area contributed by atoms with Crippen molar-refractivity contribution in [2.75, 3.05) is 18.1 Å². The van der Waals surface area contributed by atoms with Crippen LogP contribution in [0.3, 0.4) is 0 Å². The summed E-state index contributed by atoms with van der Waals surface area (Å²) in [5, 5.41) is 11.7. The number of amides is 1. The quantitative estimate of drug-likeness (QED) is 0.193. The van der Waals surface area contributed by atoms with Crippen LogP contribution in [-0.4, -0.2) is 30.0 Å². The molecule has 7 heteroatoms. The number of halogens is 1. The van der Waals surface area contributed by atoms with E-state index in [1.54, 1.807) is 42.5 Å². The van der Waals surface area contributed by atoms with Gasteiger partial charge in [-0.05, 0) is 61.2 Å². The van der Waals surface area contributed by atoms with Crippen LogP contribution in [0.4, 0.5) is 5.69 Å². The number of aliphatic hydroxyl groups is 1. The zero-order valence-corrected chi connectivity index (χ0v) is 21.9. The Bertz CT molecular complexity index is 1330. The number of Topliss-reactive ketones (excluding diaryl/α,β-unsaturated/α-hetero) is 1. The van der Waals surface area contributed by atoms with Crippen LogP contribution in [0.1, 0.15) is 49.9 Å². The lowest BCUT2D eigenvalue weighted by Gasteiger charge is -2.26. The van der Waals surface area contributed by atoms with Crippen LogP contribution >= 0.6 is 11.6 Å². The van der Waals surface area contributed by atoms with Crippen LogP contribution < -0.4 is 14.4 Å². The number of ketones is 1. The first kappa shape index (κ1) is 26.3. The Balaban J connectivity index is 1.91. The second-order valence-corrected chi connectivity index (χ2v) is 9.09. The summed E-state index contributed by atoms with van der Waals surface area (Å²) in [5.41, 5.74) is 2.48. The van der Waals surface area contributed by atoms with E-state index in [9.17, 15) is 14.7 Å². The van der Waals surface area contributed by atoms with E-state index in [2.05, 4.69) is 6.92 Å². The molecule has 1 aliphatic rings. The maximum atomic E-state index is 13.5. The molecule has 1 heterocycles. The molecule has 37 heavy (non-hydrogen) atoms. The maximum absolute atomic E-state index is 13.5. The van der Waals surface area contributed by atoms with Gasteiger partial charge in [0, 0.05) is 17.3 Å². The number of carbonyl (C=O) groups is 2. The highest BCUT2D eigenvalue weighted by Crippen LogP contribution is 2.44. The normalized spacial score (nSPS) is 16.8. The zero-order chi connectivity index (χ0) is 26.5. The number of hydrogen-bond acceptors (Lipinski definition) is 5. The van der Waals surface area contributed by atoms with Gasteiger partial charge in [-0.2, -0.15) is 0 Å².